The van der Waals surface area contributed by atoms with Crippen molar-refractivity contribution in [2.45, 2.75) is 46.1 Å². The van der Waals surface area contributed by atoms with Crippen molar-refractivity contribution in [3.63, 3.8) is 0 Å². The predicted octanol–water partition coefficient (Wildman–Crippen LogP) is 1.74. The lowest BCUT2D eigenvalue weighted by Crippen LogP contribution is -2.24. The van der Waals surface area contributed by atoms with Gasteiger partial charge in [-0.25, -0.2) is 0 Å². The molecule has 3 nitrogen and oxygen atoms in total. The molecule has 0 saturated heterocycles. The molecule has 0 aromatic heterocycles. The third kappa shape index (κ3) is 5.64. The predicted molar refractivity (Wildman–Crippen MR) is 51.3 cm³/mol. The number of carbonyl (C=O) groups is 1. The smallest absolute Gasteiger partial charge is 0.308 e. The first kappa shape index (κ1) is 12.4. The van der Waals surface area contributed by atoms with Gasteiger partial charge in [0, 0.05) is 0 Å². The Labute approximate surface area is 80.1 Å². The molecule has 0 aromatic carbocycles. The number of rotatable bonds is 6. The highest BCUT2D eigenvalue weighted by atomic mass is 16.6. The molecule has 0 aliphatic carbocycles. The van der Waals surface area contributed by atoms with Crippen molar-refractivity contribution >= 4 is 5.97 Å². The van der Waals surface area contributed by atoms with Crippen LogP contribution in [0.15, 0.2) is 0 Å². The Morgan fingerprint density at radius 2 is 2.08 bits per heavy atom. The van der Waals surface area contributed by atoms with Crippen LogP contribution in [-0.4, -0.2) is 23.8 Å². The van der Waals surface area contributed by atoms with E-state index in [0.29, 0.717) is 0 Å². The molecule has 1 atom stereocenters. The van der Waals surface area contributed by atoms with Crippen molar-refractivity contribution in [1.82, 2.24) is 0 Å². The van der Waals surface area contributed by atoms with Gasteiger partial charge in [0.2, 0.25) is 0 Å². The second-order valence-corrected chi connectivity index (χ2v) is 3.54. The molecule has 1 unspecified atom stereocenters. The van der Waals surface area contributed by atoms with E-state index in [-0.39, 0.29) is 24.6 Å². The molecule has 0 radical (unpaired) electrons. The number of aliphatic hydroxyl groups is 1. The van der Waals surface area contributed by atoms with Gasteiger partial charge < -0.3 is 9.84 Å². The standard InChI is InChI=1S/C10H20O3/c1-4-5-6-9(7-11)13-10(12)8(2)3/h8-9,11H,4-7H2,1-3H3. The van der Waals surface area contributed by atoms with Crippen LogP contribution in [0, 0.1) is 5.92 Å². The molecule has 0 bridgehead atoms. The van der Waals surface area contributed by atoms with Crippen LogP contribution in [0.1, 0.15) is 40.0 Å². The number of carbonyl (C=O) groups excluding carboxylic acids is 1. The minimum Gasteiger partial charge on any atom is -0.460 e. The van der Waals surface area contributed by atoms with E-state index in [2.05, 4.69) is 6.92 Å². The van der Waals surface area contributed by atoms with E-state index < -0.39 is 0 Å². The average molecular weight is 188 g/mol. The molecule has 0 saturated carbocycles. The van der Waals surface area contributed by atoms with Gasteiger partial charge in [0.25, 0.3) is 0 Å². The molecule has 0 heterocycles. The molecule has 0 aliphatic heterocycles. The fourth-order valence-corrected chi connectivity index (χ4v) is 0.920. The second kappa shape index (κ2) is 6.89. The topological polar surface area (TPSA) is 46.5 Å². The normalized spacial score (nSPS) is 13.0. The lowest BCUT2D eigenvalue weighted by molar-refractivity contribution is -0.155. The maximum atomic E-state index is 11.1. The van der Waals surface area contributed by atoms with Crippen LogP contribution in [0.4, 0.5) is 0 Å². The summed E-state index contributed by atoms with van der Waals surface area (Å²) in [6.45, 7) is 5.57. The van der Waals surface area contributed by atoms with Crippen LogP contribution in [0.2, 0.25) is 0 Å². The second-order valence-electron chi connectivity index (χ2n) is 3.54. The number of ether oxygens (including phenoxy) is 1. The van der Waals surface area contributed by atoms with E-state index in [1.807, 2.05) is 0 Å². The van der Waals surface area contributed by atoms with E-state index in [1.54, 1.807) is 13.8 Å². The molecule has 78 valence electrons. The quantitative estimate of drug-likeness (QED) is 0.646. The summed E-state index contributed by atoms with van der Waals surface area (Å²) in [4.78, 5) is 11.1. The third-order valence-corrected chi connectivity index (χ3v) is 1.84. The number of hydrogen-bond acceptors (Lipinski definition) is 3. The summed E-state index contributed by atoms with van der Waals surface area (Å²) in [5.74, 6) is -0.342. The zero-order valence-electron chi connectivity index (χ0n) is 8.75. The fraction of sp³-hybridized carbons (Fsp3) is 0.900. The maximum Gasteiger partial charge on any atom is 0.308 e. The van der Waals surface area contributed by atoms with Crippen molar-refractivity contribution in [1.29, 1.82) is 0 Å². The van der Waals surface area contributed by atoms with Gasteiger partial charge in [-0.3, -0.25) is 4.79 Å². The highest BCUT2D eigenvalue weighted by Gasteiger charge is 2.15. The molecule has 13 heavy (non-hydrogen) atoms. The highest BCUT2D eigenvalue weighted by molar-refractivity contribution is 5.71. The number of unbranched alkanes of at least 4 members (excludes halogenated alkanes) is 1. The lowest BCUT2D eigenvalue weighted by Gasteiger charge is -2.16. The molecule has 1 N–H and O–H groups in total. The zero-order chi connectivity index (χ0) is 10.3. The molecule has 0 spiro atoms. The SMILES string of the molecule is CCCCC(CO)OC(=O)C(C)C. The van der Waals surface area contributed by atoms with Gasteiger partial charge in [0.15, 0.2) is 0 Å². The summed E-state index contributed by atoms with van der Waals surface area (Å²) in [7, 11) is 0. The van der Waals surface area contributed by atoms with Crippen molar-refractivity contribution in [3.05, 3.63) is 0 Å². The molecule has 3 heteroatoms. The van der Waals surface area contributed by atoms with Crippen LogP contribution in [0.3, 0.4) is 0 Å². The summed E-state index contributed by atoms with van der Waals surface area (Å²) in [6, 6.07) is 0. The number of hydrogen-bond donors (Lipinski definition) is 1. The van der Waals surface area contributed by atoms with Crippen LogP contribution in [-0.2, 0) is 9.53 Å². The largest absolute Gasteiger partial charge is 0.460 e. The first-order valence-corrected chi connectivity index (χ1v) is 4.93. The molecular weight excluding hydrogens is 168 g/mol. The van der Waals surface area contributed by atoms with Gasteiger partial charge in [0.1, 0.15) is 6.10 Å². The van der Waals surface area contributed by atoms with Gasteiger partial charge in [0.05, 0.1) is 12.5 Å². The highest BCUT2D eigenvalue weighted by Crippen LogP contribution is 2.07. The van der Waals surface area contributed by atoms with E-state index >= 15 is 0 Å². The van der Waals surface area contributed by atoms with Crippen LogP contribution in [0.5, 0.6) is 0 Å². The van der Waals surface area contributed by atoms with Crippen LogP contribution < -0.4 is 0 Å². The molecule has 0 rings (SSSR count). The van der Waals surface area contributed by atoms with Gasteiger partial charge in [-0.05, 0) is 12.8 Å². The minimum absolute atomic E-state index is 0.0710. The van der Waals surface area contributed by atoms with Gasteiger partial charge in [-0.1, -0.05) is 27.2 Å². The van der Waals surface area contributed by atoms with Gasteiger partial charge in [-0.2, -0.15) is 0 Å². The monoisotopic (exact) mass is 188 g/mol. The lowest BCUT2D eigenvalue weighted by atomic mass is 10.1. The number of aliphatic hydroxyl groups excluding tert-OH is 1. The Bertz CT molecular complexity index is 143. The molecule has 0 aromatic rings. The van der Waals surface area contributed by atoms with Crippen LogP contribution >= 0.6 is 0 Å². The summed E-state index contributed by atoms with van der Waals surface area (Å²) in [5, 5.41) is 8.91. The van der Waals surface area contributed by atoms with E-state index in [9.17, 15) is 4.79 Å². The van der Waals surface area contributed by atoms with E-state index in [4.69, 9.17) is 9.84 Å². The summed E-state index contributed by atoms with van der Waals surface area (Å²) < 4.78 is 5.07. The molecule has 0 amide bonds. The zero-order valence-corrected chi connectivity index (χ0v) is 8.75. The Morgan fingerprint density at radius 3 is 2.46 bits per heavy atom. The minimum atomic E-state index is -0.310. The van der Waals surface area contributed by atoms with Crippen molar-refractivity contribution in [2.24, 2.45) is 5.92 Å². The molecule has 0 fully saturated rings. The van der Waals surface area contributed by atoms with Gasteiger partial charge in [-0.15, -0.1) is 0 Å². The summed E-state index contributed by atoms with van der Waals surface area (Å²) in [5.41, 5.74) is 0. The third-order valence-electron chi connectivity index (χ3n) is 1.84. The summed E-state index contributed by atoms with van der Waals surface area (Å²) in [6.07, 6.45) is 2.48. The maximum absolute atomic E-state index is 11.1. The molecule has 0 aliphatic rings. The Balaban J connectivity index is 3.76. The van der Waals surface area contributed by atoms with E-state index in [0.717, 1.165) is 19.3 Å². The first-order valence-electron chi connectivity index (χ1n) is 4.93. The average Bonchev–Trinajstić information content (AvgIpc) is 2.11. The first-order chi connectivity index (χ1) is 6.11. The number of esters is 1. The Morgan fingerprint density at radius 1 is 1.46 bits per heavy atom. The Kier molecular flexibility index (Phi) is 6.59. The Hall–Kier alpha value is -0.570. The van der Waals surface area contributed by atoms with Crippen LogP contribution in [0.25, 0.3) is 0 Å². The van der Waals surface area contributed by atoms with Crippen molar-refractivity contribution in [2.75, 3.05) is 6.61 Å². The van der Waals surface area contributed by atoms with Crippen molar-refractivity contribution < 1.29 is 14.6 Å². The molecular formula is C10H20O3. The van der Waals surface area contributed by atoms with E-state index in [1.165, 1.54) is 0 Å². The summed E-state index contributed by atoms with van der Waals surface area (Å²) >= 11 is 0. The van der Waals surface area contributed by atoms with Crippen molar-refractivity contribution in [3.8, 4) is 0 Å². The fourth-order valence-electron chi connectivity index (χ4n) is 0.920. The van der Waals surface area contributed by atoms with Gasteiger partial charge >= 0.3 is 5.97 Å².